The summed E-state index contributed by atoms with van der Waals surface area (Å²) in [7, 11) is 0. The molecular formula is C10H22N2O. The van der Waals surface area contributed by atoms with E-state index in [1.807, 2.05) is 0 Å². The zero-order valence-electron chi connectivity index (χ0n) is 8.67. The van der Waals surface area contributed by atoms with Gasteiger partial charge < -0.3 is 15.4 Å². The molecular weight excluding hydrogens is 164 g/mol. The van der Waals surface area contributed by atoms with Crippen LogP contribution in [0.25, 0.3) is 0 Å². The lowest BCUT2D eigenvalue weighted by molar-refractivity contribution is 0.168. The molecule has 0 radical (unpaired) electrons. The van der Waals surface area contributed by atoms with Crippen LogP contribution in [0, 0.1) is 5.92 Å². The summed E-state index contributed by atoms with van der Waals surface area (Å²) < 4.78 is 5.36. The first kappa shape index (κ1) is 11.0. The molecule has 1 aliphatic heterocycles. The van der Waals surface area contributed by atoms with Gasteiger partial charge in [-0.25, -0.2) is 0 Å². The van der Waals surface area contributed by atoms with Crippen LogP contribution >= 0.6 is 0 Å². The minimum atomic E-state index is 0.748. The predicted molar refractivity (Wildman–Crippen MR) is 54.7 cm³/mol. The molecule has 0 aromatic heterocycles. The summed E-state index contributed by atoms with van der Waals surface area (Å²) in [4.78, 5) is 2.46. The summed E-state index contributed by atoms with van der Waals surface area (Å²) in [5.41, 5.74) is 5.56. The molecule has 13 heavy (non-hydrogen) atoms. The van der Waals surface area contributed by atoms with Crippen molar-refractivity contribution in [3.05, 3.63) is 0 Å². The molecule has 0 spiro atoms. The van der Waals surface area contributed by atoms with Gasteiger partial charge in [0.05, 0.1) is 6.61 Å². The van der Waals surface area contributed by atoms with Gasteiger partial charge in [-0.1, -0.05) is 6.92 Å². The van der Waals surface area contributed by atoms with E-state index in [1.54, 1.807) is 0 Å². The normalized spacial score (nSPS) is 22.8. The monoisotopic (exact) mass is 186 g/mol. The van der Waals surface area contributed by atoms with Gasteiger partial charge in [-0.3, -0.25) is 0 Å². The lowest BCUT2D eigenvalue weighted by Gasteiger charge is -2.23. The first-order valence-corrected chi connectivity index (χ1v) is 5.37. The zero-order chi connectivity index (χ0) is 9.52. The minimum Gasteiger partial charge on any atom is -0.381 e. The first-order valence-electron chi connectivity index (χ1n) is 5.37. The fourth-order valence-corrected chi connectivity index (χ4v) is 1.89. The first-order chi connectivity index (χ1) is 6.36. The summed E-state index contributed by atoms with van der Waals surface area (Å²) in [6, 6.07) is 0. The Labute approximate surface area is 81.2 Å². The quantitative estimate of drug-likeness (QED) is 0.663. The van der Waals surface area contributed by atoms with Crippen molar-refractivity contribution in [1.82, 2.24) is 4.90 Å². The van der Waals surface area contributed by atoms with E-state index in [2.05, 4.69) is 11.8 Å². The predicted octanol–water partition coefficient (Wildman–Crippen LogP) is 0.694. The van der Waals surface area contributed by atoms with Crippen molar-refractivity contribution in [2.45, 2.75) is 19.8 Å². The number of ether oxygens (including phenoxy) is 1. The number of nitrogens with zero attached hydrogens (tertiary/aromatic N) is 1. The van der Waals surface area contributed by atoms with Crippen molar-refractivity contribution in [1.29, 1.82) is 0 Å². The lowest BCUT2D eigenvalue weighted by atomic mass is 10.1. The van der Waals surface area contributed by atoms with Crippen molar-refractivity contribution < 1.29 is 4.74 Å². The van der Waals surface area contributed by atoms with Crippen molar-refractivity contribution in [3.8, 4) is 0 Å². The maximum Gasteiger partial charge on any atom is 0.0507 e. The third-order valence-corrected chi connectivity index (χ3v) is 2.53. The largest absolute Gasteiger partial charge is 0.381 e. The van der Waals surface area contributed by atoms with E-state index >= 15 is 0 Å². The van der Waals surface area contributed by atoms with Crippen LogP contribution in [-0.4, -0.2) is 44.3 Å². The summed E-state index contributed by atoms with van der Waals surface area (Å²) in [6.07, 6.45) is 2.44. The van der Waals surface area contributed by atoms with Crippen molar-refractivity contribution in [2.24, 2.45) is 11.7 Å². The molecule has 0 aliphatic carbocycles. The summed E-state index contributed by atoms with van der Waals surface area (Å²) in [5.74, 6) is 0.748. The van der Waals surface area contributed by atoms with E-state index < -0.39 is 0 Å². The molecule has 1 fully saturated rings. The molecule has 0 aromatic carbocycles. The van der Waals surface area contributed by atoms with Crippen LogP contribution in [-0.2, 0) is 4.74 Å². The molecule has 1 unspecified atom stereocenters. The summed E-state index contributed by atoms with van der Waals surface area (Å²) in [5, 5.41) is 0. The molecule has 1 heterocycles. The van der Waals surface area contributed by atoms with Gasteiger partial charge in [0, 0.05) is 26.2 Å². The maximum atomic E-state index is 5.56. The van der Waals surface area contributed by atoms with Crippen LogP contribution < -0.4 is 5.73 Å². The number of nitrogens with two attached hydrogens (primary N) is 1. The second-order valence-electron chi connectivity index (χ2n) is 3.82. The fraction of sp³-hybridized carbons (Fsp3) is 1.00. The Balaban J connectivity index is 2.19. The van der Waals surface area contributed by atoms with Crippen LogP contribution in [0.5, 0.6) is 0 Å². The second-order valence-corrected chi connectivity index (χ2v) is 3.82. The van der Waals surface area contributed by atoms with Crippen LogP contribution in [0.3, 0.4) is 0 Å². The average molecular weight is 186 g/mol. The highest BCUT2D eigenvalue weighted by atomic mass is 16.5. The van der Waals surface area contributed by atoms with Gasteiger partial charge in [0.15, 0.2) is 0 Å². The van der Waals surface area contributed by atoms with Crippen LogP contribution in [0.1, 0.15) is 19.8 Å². The zero-order valence-corrected chi connectivity index (χ0v) is 8.67. The van der Waals surface area contributed by atoms with Gasteiger partial charge in [-0.15, -0.1) is 0 Å². The Morgan fingerprint density at radius 1 is 1.46 bits per heavy atom. The van der Waals surface area contributed by atoms with Crippen LogP contribution in [0.15, 0.2) is 0 Å². The molecule has 1 saturated heterocycles. The Bertz CT molecular complexity index is 118. The van der Waals surface area contributed by atoms with Gasteiger partial charge in [-0.2, -0.15) is 0 Å². The Kier molecular flexibility index (Phi) is 5.35. The molecule has 0 saturated carbocycles. The Morgan fingerprint density at radius 2 is 2.31 bits per heavy atom. The molecule has 2 N–H and O–H groups in total. The highest BCUT2D eigenvalue weighted by Crippen LogP contribution is 2.13. The van der Waals surface area contributed by atoms with Gasteiger partial charge in [0.2, 0.25) is 0 Å². The average Bonchev–Trinajstić information content (AvgIpc) is 2.58. The molecule has 3 heteroatoms. The molecule has 78 valence electrons. The molecule has 0 amide bonds. The van der Waals surface area contributed by atoms with E-state index in [-0.39, 0.29) is 0 Å². The van der Waals surface area contributed by atoms with E-state index in [9.17, 15) is 0 Å². The van der Waals surface area contributed by atoms with Crippen LogP contribution in [0.2, 0.25) is 0 Å². The molecule has 1 atom stereocenters. The lowest BCUT2D eigenvalue weighted by Crippen LogP contribution is -2.34. The minimum absolute atomic E-state index is 0.748. The number of hydrogen-bond donors (Lipinski definition) is 1. The van der Waals surface area contributed by atoms with Gasteiger partial charge in [0.25, 0.3) is 0 Å². The SMILES string of the molecule is CCCN(CCN)CC1CCOC1. The molecule has 0 bridgehead atoms. The summed E-state index contributed by atoms with van der Waals surface area (Å²) >= 11 is 0. The van der Waals surface area contributed by atoms with Gasteiger partial charge >= 0.3 is 0 Å². The Hall–Kier alpha value is -0.120. The Morgan fingerprint density at radius 3 is 2.85 bits per heavy atom. The van der Waals surface area contributed by atoms with Gasteiger partial charge in [-0.05, 0) is 25.3 Å². The van der Waals surface area contributed by atoms with Crippen molar-refractivity contribution in [3.63, 3.8) is 0 Å². The van der Waals surface area contributed by atoms with Crippen LogP contribution in [0.4, 0.5) is 0 Å². The highest BCUT2D eigenvalue weighted by Gasteiger charge is 2.18. The second kappa shape index (κ2) is 6.35. The molecule has 0 aromatic rings. The molecule has 1 aliphatic rings. The van der Waals surface area contributed by atoms with Crippen molar-refractivity contribution >= 4 is 0 Å². The molecule has 1 rings (SSSR count). The van der Waals surface area contributed by atoms with E-state index in [1.165, 1.54) is 25.9 Å². The van der Waals surface area contributed by atoms with E-state index in [4.69, 9.17) is 10.5 Å². The maximum absolute atomic E-state index is 5.56. The topological polar surface area (TPSA) is 38.5 Å². The fourth-order valence-electron chi connectivity index (χ4n) is 1.89. The van der Waals surface area contributed by atoms with E-state index in [0.29, 0.717) is 0 Å². The van der Waals surface area contributed by atoms with E-state index in [0.717, 1.165) is 32.2 Å². The number of rotatable bonds is 6. The van der Waals surface area contributed by atoms with Crippen molar-refractivity contribution in [2.75, 3.05) is 39.4 Å². The smallest absolute Gasteiger partial charge is 0.0507 e. The number of hydrogen-bond acceptors (Lipinski definition) is 3. The third kappa shape index (κ3) is 4.07. The third-order valence-electron chi connectivity index (χ3n) is 2.53. The highest BCUT2D eigenvalue weighted by molar-refractivity contribution is 4.69. The molecule has 3 nitrogen and oxygen atoms in total. The standard InChI is InChI=1S/C10H22N2O/c1-2-5-12(6-4-11)8-10-3-7-13-9-10/h10H,2-9,11H2,1H3. The van der Waals surface area contributed by atoms with Gasteiger partial charge in [0.1, 0.15) is 0 Å². The summed E-state index contributed by atoms with van der Waals surface area (Å²) in [6.45, 7) is 8.27.